The maximum absolute atomic E-state index is 13.4. The minimum absolute atomic E-state index is 0.0351. The zero-order valence-corrected chi connectivity index (χ0v) is 15.9. The standard InChI is InChI=1S/C20H28FN3O3/c1-27-11-10-24-15-17(13-19(24)25)20(26)23-7-3-6-22(8-9-23)14-16-4-2-5-18(21)12-16/h2,4-5,12,17H,3,6-11,13-15H2,1H3/t17-/m1/s1. The molecule has 2 amide bonds. The van der Waals surface area contributed by atoms with Crippen LogP contribution in [0.25, 0.3) is 0 Å². The molecule has 2 saturated heterocycles. The Morgan fingerprint density at radius 2 is 2.11 bits per heavy atom. The van der Waals surface area contributed by atoms with Crippen LogP contribution in [0.3, 0.4) is 0 Å². The lowest BCUT2D eigenvalue weighted by molar-refractivity contribution is -0.135. The number of nitrogens with zero attached hydrogens (tertiary/aromatic N) is 3. The molecule has 0 saturated carbocycles. The molecule has 0 aromatic heterocycles. The Morgan fingerprint density at radius 1 is 1.26 bits per heavy atom. The van der Waals surface area contributed by atoms with E-state index in [1.807, 2.05) is 11.0 Å². The molecule has 2 heterocycles. The lowest BCUT2D eigenvalue weighted by Crippen LogP contribution is -2.40. The summed E-state index contributed by atoms with van der Waals surface area (Å²) in [5.74, 6) is -0.351. The molecule has 148 valence electrons. The Balaban J connectivity index is 1.51. The number of likely N-dealkylation sites (tertiary alicyclic amines) is 1. The van der Waals surface area contributed by atoms with E-state index in [0.29, 0.717) is 45.8 Å². The van der Waals surface area contributed by atoms with E-state index in [-0.39, 0.29) is 23.5 Å². The minimum Gasteiger partial charge on any atom is -0.383 e. The smallest absolute Gasteiger partial charge is 0.228 e. The first-order valence-corrected chi connectivity index (χ1v) is 9.59. The Bertz CT molecular complexity index is 670. The molecule has 0 spiro atoms. The summed E-state index contributed by atoms with van der Waals surface area (Å²) in [6, 6.07) is 6.66. The highest BCUT2D eigenvalue weighted by atomic mass is 19.1. The lowest BCUT2D eigenvalue weighted by atomic mass is 10.1. The number of ether oxygens (including phenoxy) is 1. The highest BCUT2D eigenvalue weighted by Crippen LogP contribution is 2.21. The molecular weight excluding hydrogens is 349 g/mol. The zero-order chi connectivity index (χ0) is 19.2. The SMILES string of the molecule is COCCN1C[C@H](C(=O)N2CCCN(Cc3cccc(F)c3)CC2)CC1=O. The van der Waals surface area contributed by atoms with E-state index in [1.165, 1.54) is 6.07 Å². The highest BCUT2D eigenvalue weighted by molar-refractivity contribution is 5.89. The highest BCUT2D eigenvalue weighted by Gasteiger charge is 2.36. The van der Waals surface area contributed by atoms with Crippen molar-refractivity contribution >= 4 is 11.8 Å². The molecule has 0 radical (unpaired) electrons. The van der Waals surface area contributed by atoms with Gasteiger partial charge in [0.1, 0.15) is 5.82 Å². The number of methoxy groups -OCH3 is 1. The van der Waals surface area contributed by atoms with Crippen molar-refractivity contribution in [3.8, 4) is 0 Å². The molecule has 0 bridgehead atoms. The maximum atomic E-state index is 13.4. The van der Waals surface area contributed by atoms with Crippen molar-refractivity contribution < 1.29 is 18.7 Å². The molecule has 1 atom stereocenters. The summed E-state index contributed by atoms with van der Waals surface area (Å²) in [4.78, 5) is 30.8. The molecule has 27 heavy (non-hydrogen) atoms. The Labute approximate surface area is 159 Å². The third kappa shape index (κ3) is 5.26. The summed E-state index contributed by atoms with van der Waals surface area (Å²) in [6.07, 6.45) is 1.18. The van der Waals surface area contributed by atoms with Crippen molar-refractivity contribution in [2.75, 3.05) is 53.0 Å². The van der Waals surface area contributed by atoms with Crippen molar-refractivity contribution in [3.05, 3.63) is 35.6 Å². The molecular formula is C20H28FN3O3. The number of benzene rings is 1. The van der Waals surface area contributed by atoms with Crippen LogP contribution in [0, 0.1) is 11.7 Å². The van der Waals surface area contributed by atoms with Crippen LogP contribution >= 0.6 is 0 Å². The van der Waals surface area contributed by atoms with Gasteiger partial charge in [0.05, 0.1) is 12.5 Å². The molecule has 0 aliphatic carbocycles. The molecule has 1 aromatic rings. The van der Waals surface area contributed by atoms with Gasteiger partial charge in [-0.15, -0.1) is 0 Å². The minimum atomic E-state index is -0.246. The number of hydrogen-bond donors (Lipinski definition) is 0. The van der Waals surface area contributed by atoms with E-state index < -0.39 is 0 Å². The molecule has 7 heteroatoms. The summed E-state index contributed by atoms with van der Waals surface area (Å²) in [5.41, 5.74) is 0.949. The number of carbonyl (C=O) groups is 2. The van der Waals surface area contributed by atoms with Crippen LogP contribution in [0.1, 0.15) is 18.4 Å². The first-order chi connectivity index (χ1) is 13.1. The van der Waals surface area contributed by atoms with E-state index in [4.69, 9.17) is 4.74 Å². The monoisotopic (exact) mass is 377 g/mol. The first-order valence-electron chi connectivity index (χ1n) is 9.59. The van der Waals surface area contributed by atoms with Crippen molar-refractivity contribution in [3.63, 3.8) is 0 Å². The largest absolute Gasteiger partial charge is 0.383 e. The van der Waals surface area contributed by atoms with Crippen LogP contribution in [0.15, 0.2) is 24.3 Å². The van der Waals surface area contributed by atoms with Gasteiger partial charge >= 0.3 is 0 Å². The second kappa shape index (κ2) is 9.28. The van der Waals surface area contributed by atoms with Crippen LogP contribution in [-0.4, -0.2) is 79.5 Å². The summed E-state index contributed by atoms with van der Waals surface area (Å²) in [5, 5.41) is 0. The maximum Gasteiger partial charge on any atom is 0.228 e. The third-order valence-corrected chi connectivity index (χ3v) is 5.32. The van der Waals surface area contributed by atoms with Gasteiger partial charge < -0.3 is 14.5 Å². The summed E-state index contributed by atoms with van der Waals surface area (Å²) in [6.45, 7) is 5.21. The predicted molar refractivity (Wildman–Crippen MR) is 99.4 cm³/mol. The number of hydrogen-bond acceptors (Lipinski definition) is 4. The molecule has 2 aliphatic rings. The molecule has 3 rings (SSSR count). The average Bonchev–Trinajstić information content (AvgIpc) is 2.86. The fourth-order valence-corrected chi connectivity index (χ4v) is 3.86. The Kier molecular flexibility index (Phi) is 6.79. The Morgan fingerprint density at radius 3 is 2.89 bits per heavy atom. The fraction of sp³-hybridized carbons (Fsp3) is 0.600. The van der Waals surface area contributed by atoms with Gasteiger partial charge in [-0.05, 0) is 24.1 Å². The van der Waals surface area contributed by atoms with E-state index >= 15 is 0 Å². The van der Waals surface area contributed by atoms with Crippen molar-refractivity contribution in [2.45, 2.75) is 19.4 Å². The van der Waals surface area contributed by atoms with Crippen LogP contribution in [0.5, 0.6) is 0 Å². The number of halogens is 1. The van der Waals surface area contributed by atoms with Crippen LogP contribution in [0.4, 0.5) is 4.39 Å². The van der Waals surface area contributed by atoms with Crippen LogP contribution in [-0.2, 0) is 20.9 Å². The molecule has 2 fully saturated rings. The van der Waals surface area contributed by atoms with Gasteiger partial charge in [0.2, 0.25) is 11.8 Å². The number of amides is 2. The van der Waals surface area contributed by atoms with Gasteiger partial charge in [0.25, 0.3) is 0 Å². The molecule has 0 N–H and O–H groups in total. The van der Waals surface area contributed by atoms with Crippen LogP contribution < -0.4 is 0 Å². The molecule has 6 nitrogen and oxygen atoms in total. The molecule has 2 aliphatic heterocycles. The van der Waals surface area contributed by atoms with Gasteiger partial charge in [-0.2, -0.15) is 0 Å². The van der Waals surface area contributed by atoms with Crippen molar-refractivity contribution in [1.29, 1.82) is 0 Å². The van der Waals surface area contributed by atoms with Gasteiger partial charge in [-0.3, -0.25) is 14.5 Å². The normalized spacial score (nSPS) is 21.6. The topological polar surface area (TPSA) is 53.1 Å². The summed E-state index contributed by atoms with van der Waals surface area (Å²) >= 11 is 0. The van der Waals surface area contributed by atoms with E-state index in [1.54, 1.807) is 24.1 Å². The van der Waals surface area contributed by atoms with E-state index in [0.717, 1.165) is 25.1 Å². The first kappa shape index (κ1) is 19.8. The summed E-state index contributed by atoms with van der Waals surface area (Å²) in [7, 11) is 1.61. The van der Waals surface area contributed by atoms with E-state index in [2.05, 4.69) is 4.90 Å². The average molecular weight is 377 g/mol. The quantitative estimate of drug-likeness (QED) is 0.751. The summed E-state index contributed by atoms with van der Waals surface area (Å²) < 4.78 is 18.4. The fourth-order valence-electron chi connectivity index (χ4n) is 3.86. The Hall–Kier alpha value is -1.99. The predicted octanol–water partition coefficient (Wildman–Crippen LogP) is 1.35. The second-order valence-corrected chi connectivity index (χ2v) is 7.32. The molecule has 1 aromatic carbocycles. The van der Waals surface area contributed by atoms with Gasteiger partial charge in [-0.25, -0.2) is 4.39 Å². The van der Waals surface area contributed by atoms with Gasteiger partial charge in [0.15, 0.2) is 0 Å². The number of rotatable bonds is 6. The number of carbonyl (C=O) groups excluding carboxylic acids is 2. The van der Waals surface area contributed by atoms with E-state index in [9.17, 15) is 14.0 Å². The van der Waals surface area contributed by atoms with Crippen molar-refractivity contribution in [2.24, 2.45) is 5.92 Å². The molecule has 0 unspecified atom stereocenters. The van der Waals surface area contributed by atoms with Gasteiger partial charge in [-0.1, -0.05) is 12.1 Å². The zero-order valence-electron chi connectivity index (χ0n) is 15.9. The second-order valence-electron chi connectivity index (χ2n) is 7.32. The third-order valence-electron chi connectivity index (χ3n) is 5.32. The van der Waals surface area contributed by atoms with Crippen LogP contribution in [0.2, 0.25) is 0 Å². The van der Waals surface area contributed by atoms with Crippen molar-refractivity contribution in [1.82, 2.24) is 14.7 Å². The van der Waals surface area contributed by atoms with Gasteiger partial charge in [0, 0.05) is 59.3 Å². The lowest BCUT2D eigenvalue weighted by Gasteiger charge is -2.24.